The van der Waals surface area contributed by atoms with E-state index in [0.717, 1.165) is 19.4 Å². The molecule has 1 saturated carbocycles. The lowest BCUT2D eigenvalue weighted by Gasteiger charge is -2.31. The van der Waals surface area contributed by atoms with Gasteiger partial charge in [-0.25, -0.2) is 0 Å². The lowest BCUT2D eigenvalue weighted by molar-refractivity contribution is -0.145. The van der Waals surface area contributed by atoms with Gasteiger partial charge in [-0.3, -0.25) is 4.79 Å². The molecule has 1 saturated heterocycles. The van der Waals surface area contributed by atoms with Crippen LogP contribution in [-0.2, 0) is 4.79 Å². The summed E-state index contributed by atoms with van der Waals surface area (Å²) in [5.74, 6) is -0.738. The van der Waals surface area contributed by atoms with Crippen LogP contribution in [0.1, 0.15) is 38.5 Å². The lowest BCUT2D eigenvalue weighted by Crippen LogP contribution is -2.34. The average molecular weight is 197 g/mol. The zero-order chi connectivity index (χ0) is 10.0. The van der Waals surface area contributed by atoms with Gasteiger partial charge in [-0.05, 0) is 18.3 Å². The van der Waals surface area contributed by atoms with Gasteiger partial charge in [0.25, 0.3) is 0 Å². The molecule has 2 rings (SSSR count). The van der Waals surface area contributed by atoms with E-state index < -0.39 is 5.97 Å². The van der Waals surface area contributed by atoms with Crippen LogP contribution in [0.25, 0.3) is 0 Å². The van der Waals surface area contributed by atoms with Crippen LogP contribution in [0.5, 0.6) is 0 Å². The Balaban J connectivity index is 2.14. The molecule has 0 amide bonds. The molecule has 2 N–H and O–H groups in total. The Labute approximate surface area is 84.9 Å². The molecule has 80 valence electrons. The van der Waals surface area contributed by atoms with E-state index in [1.54, 1.807) is 0 Å². The normalized spacial score (nSPS) is 31.6. The summed E-state index contributed by atoms with van der Waals surface area (Å²) in [5, 5.41) is 12.4. The molecule has 3 nitrogen and oxygen atoms in total. The van der Waals surface area contributed by atoms with Crippen LogP contribution in [0.15, 0.2) is 0 Å². The molecule has 1 aliphatic carbocycles. The first-order valence-electron chi connectivity index (χ1n) is 5.68. The third-order valence-electron chi connectivity index (χ3n) is 3.96. The van der Waals surface area contributed by atoms with Gasteiger partial charge in [-0.1, -0.05) is 25.7 Å². The van der Waals surface area contributed by atoms with E-state index in [9.17, 15) is 9.90 Å². The number of carbonyl (C=O) groups is 1. The molecule has 2 fully saturated rings. The van der Waals surface area contributed by atoms with Crippen LogP contribution < -0.4 is 5.32 Å². The van der Waals surface area contributed by atoms with Gasteiger partial charge in [0, 0.05) is 13.1 Å². The molecule has 0 aromatic rings. The van der Waals surface area contributed by atoms with Crippen LogP contribution in [0.2, 0.25) is 0 Å². The average Bonchev–Trinajstić information content (AvgIpc) is 2.39. The van der Waals surface area contributed by atoms with Gasteiger partial charge in [-0.15, -0.1) is 0 Å². The highest BCUT2D eigenvalue weighted by atomic mass is 16.4. The molecule has 1 aliphatic heterocycles. The van der Waals surface area contributed by atoms with Crippen molar-refractivity contribution in [2.75, 3.05) is 13.1 Å². The third-order valence-corrected chi connectivity index (χ3v) is 3.96. The summed E-state index contributed by atoms with van der Waals surface area (Å²) in [6.07, 6.45) is 7.22. The van der Waals surface area contributed by atoms with Gasteiger partial charge in [0.1, 0.15) is 0 Å². The minimum Gasteiger partial charge on any atom is -0.481 e. The zero-order valence-electron chi connectivity index (χ0n) is 8.59. The molecule has 1 atom stereocenters. The molecule has 0 bridgehead atoms. The molecule has 0 aromatic heterocycles. The van der Waals surface area contributed by atoms with Crippen molar-refractivity contribution in [3.63, 3.8) is 0 Å². The minimum atomic E-state index is -0.600. The van der Waals surface area contributed by atoms with Crippen molar-refractivity contribution in [3.8, 4) is 0 Å². The maximum atomic E-state index is 11.1. The first kappa shape index (κ1) is 9.97. The van der Waals surface area contributed by atoms with Gasteiger partial charge >= 0.3 is 5.97 Å². The number of hydrogen-bond donors (Lipinski definition) is 2. The second-order valence-electron chi connectivity index (χ2n) is 4.80. The summed E-state index contributed by atoms with van der Waals surface area (Å²) < 4.78 is 0. The fourth-order valence-corrected chi connectivity index (χ4v) is 3.11. The van der Waals surface area contributed by atoms with Crippen LogP contribution in [-0.4, -0.2) is 24.2 Å². The van der Waals surface area contributed by atoms with Gasteiger partial charge in [0.2, 0.25) is 0 Å². The number of hydrogen-bond acceptors (Lipinski definition) is 2. The molecular formula is C11H19NO2. The van der Waals surface area contributed by atoms with E-state index >= 15 is 0 Å². The molecule has 0 unspecified atom stereocenters. The smallest absolute Gasteiger partial charge is 0.308 e. The second-order valence-corrected chi connectivity index (χ2v) is 4.80. The Morgan fingerprint density at radius 2 is 1.86 bits per heavy atom. The molecule has 2 aliphatic rings. The predicted octanol–water partition coefficient (Wildman–Crippen LogP) is 1.63. The number of aliphatic carboxylic acids is 1. The summed E-state index contributed by atoms with van der Waals surface area (Å²) >= 11 is 0. The summed E-state index contributed by atoms with van der Waals surface area (Å²) in [7, 11) is 0. The van der Waals surface area contributed by atoms with Crippen LogP contribution in [0, 0.1) is 11.3 Å². The van der Waals surface area contributed by atoms with E-state index in [-0.39, 0.29) is 11.3 Å². The predicted molar refractivity (Wildman–Crippen MR) is 54.1 cm³/mol. The van der Waals surface area contributed by atoms with Crippen molar-refractivity contribution in [3.05, 3.63) is 0 Å². The first-order chi connectivity index (χ1) is 6.75. The third kappa shape index (κ3) is 1.65. The van der Waals surface area contributed by atoms with Crippen LogP contribution in [0.4, 0.5) is 0 Å². The highest BCUT2D eigenvalue weighted by molar-refractivity contribution is 5.72. The number of nitrogens with one attached hydrogen (secondary N) is 1. The molecular weight excluding hydrogens is 178 g/mol. The maximum Gasteiger partial charge on any atom is 0.308 e. The van der Waals surface area contributed by atoms with E-state index in [0.29, 0.717) is 6.54 Å². The molecule has 3 heteroatoms. The fraction of sp³-hybridized carbons (Fsp3) is 0.909. The Morgan fingerprint density at radius 1 is 1.21 bits per heavy atom. The topological polar surface area (TPSA) is 49.3 Å². The maximum absolute atomic E-state index is 11.1. The molecule has 0 aromatic carbocycles. The van der Waals surface area contributed by atoms with Crippen molar-refractivity contribution in [2.45, 2.75) is 38.5 Å². The van der Waals surface area contributed by atoms with Gasteiger partial charge in [0.15, 0.2) is 0 Å². The first-order valence-corrected chi connectivity index (χ1v) is 5.68. The highest BCUT2D eigenvalue weighted by Gasteiger charge is 2.46. The minimum absolute atomic E-state index is 0.0856. The van der Waals surface area contributed by atoms with Crippen LogP contribution in [0.3, 0.4) is 0 Å². The lowest BCUT2D eigenvalue weighted by atomic mass is 9.72. The van der Waals surface area contributed by atoms with Crippen molar-refractivity contribution < 1.29 is 9.90 Å². The van der Waals surface area contributed by atoms with E-state index in [1.165, 1.54) is 25.7 Å². The van der Waals surface area contributed by atoms with Gasteiger partial charge in [0.05, 0.1) is 5.92 Å². The fourth-order valence-electron chi connectivity index (χ4n) is 3.11. The second kappa shape index (κ2) is 3.89. The Hall–Kier alpha value is -0.570. The molecule has 1 spiro atoms. The van der Waals surface area contributed by atoms with Crippen molar-refractivity contribution in [1.29, 1.82) is 0 Å². The Morgan fingerprint density at radius 3 is 2.43 bits per heavy atom. The molecule has 0 radical (unpaired) electrons. The number of rotatable bonds is 1. The largest absolute Gasteiger partial charge is 0.481 e. The van der Waals surface area contributed by atoms with Crippen molar-refractivity contribution >= 4 is 5.97 Å². The number of carboxylic acid groups (broad SMARTS) is 1. The van der Waals surface area contributed by atoms with E-state index in [2.05, 4.69) is 5.32 Å². The molecule has 1 heterocycles. The summed E-state index contributed by atoms with van der Waals surface area (Å²) in [6.45, 7) is 1.60. The zero-order valence-corrected chi connectivity index (χ0v) is 8.59. The van der Waals surface area contributed by atoms with Gasteiger partial charge < -0.3 is 10.4 Å². The summed E-state index contributed by atoms with van der Waals surface area (Å²) in [6, 6.07) is 0. The van der Waals surface area contributed by atoms with Crippen molar-refractivity contribution in [2.24, 2.45) is 11.3 Å². The van der Waals surface area contributed by atoms with Gasteiger partial charge in [-0.2, -0.15) is 0 Å². The SMILES string of the molecule is O=C(O)[C@@H]1CNCC12CCCCCC2. The quantitative estimate of drug-likeness (QED) is 0.671. The van der Waals surface area contributed by atoms with Crippen molar-refractivity contribution in [1.82, 2.24) is 5.32 Å². The summed E-state index contributed by atoms with van der Waals surface area (Å²) in [5.41, 5.74) is 0.0856. The Kier molecular flexibility index (Phi) is 2.77. The summed E-state index contributed by atoms with van der Waals surface area (Å²) in [4.78, 5) is 11.1. The standard InChI is InChI=1S/C11H19NO2/c13-10(14)9-7-12-8-11(9)5-3-1-2-4-6-11/h9,12H,1-8H2,(H,13,14)/t9-/m0/s1. The Bertz CT molecular complexity index is 219. The molecule has 14 heavy (non-hydrogen) atoms. The van der Waals surface area contributed by atoms with E-state index in [1.807, 2.05) is 0 Å². The number of carboxylic acids is 1. The van der Waals surface area contributed by atoms with E-state index in [4.69, 9.17) is 0 Å². The van der Waals surface area contributed by atoms with Crippen LogP contribution >= 0.6 is 0 Å². The highest BCUT2D eigenvalue weighted by Crippen LogP contribution is 2.43. The monoisotopic (exact) mass is 197 g/mol.